The molecule has 7 atom stereocenters. The predicted molar refractivity (Wildman–Crippen MR) is 249 cm³/mol. The van der Waals surface area contributed by atoms with Gasteiger partial charge in [-0.2, -0.15) is 0 Å². The summed E-state index contributed by atoms with van der Waals surface area (Å²) >= 11 is 0. The summed E-state index contributed by atoms with van der Waals surface area (Å²) in [6.45, 7) is 3.76. The maximum absolute atomic E-state index is 12.9. The number of ether oxygens (including phenoxy) is 2. The first-order valence-electron chi connectivity index (χ1n) is 25.5. The van der Waals surface area contributed by atoms with Crippen molar-refractivity contribution in [2.75, 3.05) is 13.2 Å². The van der Waals surface area contributed by atoms with E-state index in [-0.39, 0.29) is 12.5 Å². The number of hydrogen-bond donors (Lipinski definition) is 6. The molecule has 1 fully saturated rings. The van der Waals surface area contributed by atoms with Gasteiger partial charge in [0.05, 0.1) is 25.4 Å². The Labute approximate surface area is 369 Å². The van der Waals surface area contributed by atoms with Gasteiger partial charge in [-0.25, -0.2) is 0 Å². The zero-order valence-corrected chi connectivity index (χ0v) is 39.0. The molecule has 9 heteroatoms. The first-order chi connectivity index (χ1) is 29.3. The fourth-order valence-corrected chi connectivity index (χ4v) is 8.19. The fraction of sp³-hybridized carbons (Fsp3) is 0.902. The Kier molecular flexibility index (Phi) is 39.4. The zero-order chi connectivity index (χ0) is 43.7. The summed E-state index contributed by atoms with van der Waals surface area (Å²) in [6.07, 6.45) is 44.0. The van der Waals surface area contributed by atoms with Crippen molar-refractivity contribution in [3.05, 3.63) is 24.3 Å². The Hall–Kier alpha value is -1.33. The lowest BCUT2D eigenvalue weighted by molar-refractivity contribution is -0.302. The third-order valence-corrected chi connectivity index (χ3v) is 12.3. The second-order valence-electron chi connectivity index (χ2n) is 18.0. The average Bonchev–Trinajstić information content (AvgIpc) is 3.25. The van der Waals surface area contributed by atoms with Crippen LogP contribution in [-0.4, -0.2) is 87.5 Å². The summed E-state index contributed by atoms with van der Waals surface area (Å²) < 4.78 is 11.2. The smallest absolute Gasteiger partial charge is 0.220 e. The molecule has 6 N–H and O–H groups in total. The number of unbranched alkanes of at least 4 members (excludes halogenated alkanes) is 29. The molecule has 9 nitrogen and oxygen atoms in total. The first kappa shape index (κ1) is 56.7. The van der Waals surface area contributed by atoms with Gasteiger partial charge in [-0.15, -0.1) is 0 Å². The lowest BCUT2D eigenvalue weighted by atomic mass is 9.99. The van der Waals surface area contributed by atoms with E-state index in [9.17, 15) is 30.3 Å². The van der Waals surface area contributed by atoms with Gasteiger partial charge in [0.15, 0.2) is 6.29 Å². The lowest BCUT2D eigenvalue weighted by Gasteiger charge is -2.40. The number of allylic oxidation sites excluding steroid dienone is 4. The van der Waals surface area contributed by atoms with Gasteiger partial charge in [-0.05, 0) is 44.9 Å². The van der Waals surface area contributed by atoms with Crippen LogP contribution in [0.1, 0.15) is 239 Å². The van der Waals surface area contributed by atoms with Crippen LogP contribution in [0.15, 0.2) is 24.3 Å². The molecule has 0 bridgehead atoms. The van der Waals surface area contributed by atoms with Gasteiger partial charge >= 0.3 is 0 Å². The highest BCUT2D eigenvalue weighted by atomic mass is 16.7. The average molecular weight is 852 g/mol. The van der Waals surface area contributed by atoms with Gasteiger partial charge in [0.2, 0.25) is 5.91 Å². The highest BCUT2D eigenvalue weighted by Crippen LogP contribution is 2.23. The largest absolute Gasteiger partial charge is 0.394 e. The zero-order valence-electron chi connectivity index (χ0n) is 39.0. The molecule has 0 saturated carbocycles. The van der Waals surface area contributed by atoms with Crippen LogP contribution < -0.4 is 5.32 Å². The number of hydrogen-bond acceptors (Lipinski definition) is 8. The molecule has 0 aromatic heterocycles. The maximum atomic E-state index is 12.9. The lowest BCUT2D eigenvalue weighted by Crippen LogP contribution is -2.60. The molecule has 0 spiro atoms. The quantitative estimate of drug-likeness (QED) is 0.0262. The maximum Gasteiger partial charge on any atom is 0.220 e. The number of carbonyl (C=O) groups excluding carboxylic acids is 1. The van der Waals surface area contributed by atoms with E-state index in [1.54, 1.807) is 0 Å². The minimum absolute atomic E-state index is 0.136. The van der Waals surface area contributed by atoms with Crippen LogP contribution in [0.25, 0.3) is 0 Å². The molecule has 7 unspecified atom stereocenters. The monoisotopic (exact) mass is 852 g/mol. The molecule has 1 amide bonds. The van der Waals surface area contributed by atoms with Crippen LogP contribution in [0.3, 0.4) is 0 Å². The number of aliphatic hydroxyl groups excluding tert-OH is 5. The molecule has 0 aromatic rings. The molecule has 0 aromatic carbocycles. The highest BCUT2D eigenvalue weighted by molar-refractivity contribution is 5.76. The van der Waals surface area contributed by atoms with E-state index in [4.69, 9.17) is 9.47 Å². The number of nitrogens with one attached hydrogen (secondary N) is 1. The van der Waals surface area contributed by atoms with Crippen molar-refractivity contribution in [1.29, 1.82) is 0 Å². The van der Waals surface area contributed by atoms with E-state index in [1.807, 2.05) is 0 Å². The summed E-state index contributed by atoms with van der Waals surface area (Å²) in [4.78, 5) is 12.9. The van der Waals surface area contributed by atoms with E-state index < -0.39 is 49.5 Å². The predicted octanol–water partition coefficient (Wildman–Crippen LogP) is 11.5. The van der Waals surface area contributed by atoms with Gasteiger partial charge < -0.3 is 40.3 Å². The van der Waals surface area contributed by atoms with Crippen LogP contribution in [0.4, 0.5) is 0 Å². The van der Waals surface area contributed by atoms with Crippen molar-refractivity contribution in [3.8, 4) is 0 Å². The van der Waals surface area contributed by atoms with Crippen molar-refractivity contribution in [2.45, 2.75) is 281 Å². The van der Waals surface area contributed by atoms with E-state index in [1.165, 1.54) is 167 Å². The summed E-state index contributed by atoms with van der Waals surface area (Å²) in [7, 11) is 0. The Morgan fingerprint density at radius 1 is 0.567 bits per heavy atom. The van der Waals surface area contributed by atoms with Crippen LogP contribution in [-0.2, 0) is 14.3 Å². The molecule has 1 aliphatic heterocycles. The second-order valence-corrected chi connectivity index (χ2v) is 18.0. The normalized spacial score (nSPS) is 20.7. The fourth-order valence-electron chi connectivity index (χ4n) is 8.19. The number of rotatable bonds is 43. The molecular formula is C51H97NO8. The van der Waals surface area contributed by atoms with Crippen molar-refractivity contribution >= 4 is 5.91 Å². The molecule has 1 heterocycles. The molecular weight excluding hydrogens is 755 g/mol. The molecule has 354 valence electrons. The van der Waals surface area contributed by atoms with E-state index in [0.717, 1.165) is 44.9 Å². The topological polar surface area (TPSA) is 149 Å². The standard InChI is InChI=1S/C51H97NO8/c1-3-5-7-9-11-12-13-14-15-16-17-18-19-20-21-22-23-24-25-26-27-28-29-30-31-32-33-34-35-37-39-41-47(55)52-44(45(54)40-38-36-10-8-6-4-2)43-59-51-50(58)49(57)48(56)46(42-53)60-51/h13-14,16-17,44-46,48-51,53-54,56-58H,3-12,15,18-43H2,1-2H3,(H,52,55)/b14-13-,17-16-. The van der Waals surface area contributed by atoms with Gasteiger partial charge in [0.25, 0.3) is 0 Å². The van der Waals surface area contributed by atoms with Crippen LogP contribution in [0, 0.1) is 0 Å². The minimum Gasteiger partial charge on any atom is -0.394 e. The van der Waals surface area contributed by atoms with Gasteiger partial charge in [0, 0.05) is 6.42 Å². The number of aliphatic hydroxyl groups is 5. The molecule has 1 saturated heterocycles. The third-order valence-electron chi connectivity index (χ3n) is 12.3. The Morgan fingerprint density at radius 2 is 0.983 bits per heavy atom. The number of carbonyl (C=O) groups is 1. The molecule has 0 radical (unpaired) electrons. The Balaban J connectivity index is 2.03. The summed E-state index contributed by atoms with van der Waals surface area (Å²) in [6, 6.07) is -0.712. The summed E-state index contributed by atoms with van der Waals surface area (Å²) in [5.74, 6) is -0.147. The van der Waals surface area contributed by atoms with Crippen LogP contribution >= 0.6 is 0 Å². The van der Waals surface area contributed by atoms with Crippen molar-refractivity contribution in [2.24, 2.45) is 0 Å². The molecule has 1 aliphatic rings. The Morgan fingerprint density at radius 3 is 1.43 bits per heavy atom. The second kappa shape index (κ2) is 41.7. The van der Waals surface area contributed by atoms with Crippen LogP contribution in [0.5, 0.6) is 0 Å². The van der Waals surface area contributed by atoms with Gasteiger partial charge in [0.1, 0.15) is 24.4 Å². The highest BCUT2D eigenvalue weighted by Gasteiger charge is 2.44. The molecule has 60 heavy (non-hydrogen) atoms. The van der Waals surface area contributed by atoms with E-state index in [0.29, 0.717) is 12.8 Å². The SMILES string of the molecule is CCCCCCC/C=C\C/C=C\CCCCCCCCCCCCCCCCCCCCCC(=O)NC(COC1OC(CO)C(O)C(O)C1O)C(O)CCCCCCCC. The van der Waals surface area contributed by atoms with E-state index >= 15 is 0 Å². The number of amides is 1. The molecule has 1 rings (SSSR count). The van der Waals surface area contributed by atoms with Gasteiger partial charge in [-0.3, -0.25) is 4.79 Å². The van der Waals surface area contributed by atoms with Crippen molar-refractivity contribution in [1.82, 2.24) is 5.32 Å². The van der Waals surface area contributed by atoms with Crippen molar-refractivity contribution in [3.63, 3.8) is 0 Å². The third kappa shape index (κ3) is 31.5. The first-order valence-corrected chi connectivity index (χ1v) is 25.5. The van der Waals surface area contributed by atoms with E-state index in [2.05, 4.69) is 43.5 Å². The summed E-state index contributed by atoms with van der Waals surface area (Å²) in [5, 5.41) is 54.0. The molecule has 0 aliphatic carbocycles. The Bertz CT molecular complexity index is 992. The van der Waals surface area contributed by atoms with Crippen molar-refractivity contribution < 1.29 is 39.8 Å². The van der Waals surface area contributed by atoms with Gasteiger partial charge in [-0.1, -0.05) is 212 Å². The minimum atomic E-state index is -1.55. The van der Waals surface area contributed by atoms with Crippen LogP contribution in [0.2, 0.25) is 0 Å². The summed E-state index contributed by atoms with van der Waals surface area (Å²) in [5.41, 5.74) is 0.